The summed E-state index contributed by atoms with van der Waals surface area (Å²) in [5, 5.41) is 2.42. The summed E-state index contributed by atoms with van der Waals surface area (Å²) in [7, 11) is 0. The van der Waals surface area contributed by atoms with E-state index in [1.54, 1.807) is 6.20 Å². The van der Waals surface area contributed by atoms with E-state index in [4.69, 9.17) is 4.74 Å². The first-order valence-corrected chi connectivity index (χ1v) is 10.5. The van der Waals surface area contributed by atoms with Gasteiger partial charge in [0, 0.05) is 29.2 Å². The SMILES string of the molecule is c1ccc(Oc2cccc(-c3ccc4c5ccccc5n(-c5ccccn5)c4c3)c2)nc1. The van der Waals surface area contributed by atoms with Gasteiger partial charge >= 0.3 is 0 Å². The van der Waals surface area contributed by atoms with Crippen molar-refractivity contribution in [2.45, 2.75) is 0 Å². The van der Waals surface area contributed by atoms with Crippen molar-refractivity contribution in [2.24, 2.45) is 0 Å². The molecule has 0 amide bonds. The van der Waals surface area contributed by atoms with Crippen LogP contribution >= 0.6 is 0 Å². The van der Waals surface area contributed by atoms with E-state index in [0.717, 1.165) is 33.7 Å². The Kier molecular flexibility index (Phi) is 4.40. The van der Waals surface area contributed by atoms with Crippen LogP contribution in [0.3, 0.4) is 0 Å². The molecule has 6 rings (SSSR count). The predicted octanol–water partition coefficient (Wildman–Crippen LogP) is 7.03. The average molecular weight is 413 g/mol. The molecule has 0 spiro atoms. The van der Waals surface area contributed by atoms with E-state index < -0.39 is 0 Å². The zero-order valence-electron chi connectivity index (χ0n) is 17.2. The van der Waals surface area contributed by atoms with Gasteiger partial charge in [-0.05, 0) is 53.6 Å². The second-order valence-corrected chi connectivity index (χ2v) is 7.57. The molecule has 4 nitrogen and oxygen atoms in total. The van der Waals surface area contributed by atoms with Crippen molar-refractivity contribution in [3.63, 3.8) is 0 Å². The molecule has 0 saturated carbocycles. The van der Waals surface area contributed by atoms with E-state index >= 15 is 0 Å². The Hall–Kier alpha value is -4.44. The number of ether oxygens (including phenoxy) is 1. The zero-order valence-corrected chi connectivity index (χ0v) is 17.2. The van der Waals surface area contributed by atoms with Crippen molar-refractivity contribution in [3.8, 4) is 28.6 Å². The smallest absolute Gasteiger partial charge is 0.219 e. The first kappa shape index (κ1) is 18.3. The number of benzene rings is 3. The Morgan fingerprint density at radius 1 is 0.562 bits per heavy atom. The minimum atomic E-state index is 0.579. The molecule has 0 N–H and O–H groups in total. The molecule has 0 unspecified atom stereocenters. The summed E-state index contributed by atoms with van der Waals surface area (Å²) in [6, 6.07) is 34.8. The van der Waals surface area contributed by atoms with E-state index in [2.05, 4.69) is 63.1 Å². The second-order valence-electron chi connectivity index (χ2n) is 7.57. The van der Waals surface area contributed by atoms with Gasteiger partial charge in [0.2, 0.25) is 5.88 Å². The van der Waals surface area contributed by atoms with Crippen LogP contribution in [0.15, 0.2) is 116 Å². The van der Waals surface area contributed by atoms with Gasteiger partial charge in [0.25, 0.3) is 0 Å². The summed E-state index contributed by atoms with van der Waals surface area (Å²) >= 11 is 0. The van der Waals surface area contributed by atoms with Gasteiger partial charge in [-0.3, -0.25) is 4.57 Å². The van der Waals surface area contributed by atoms with Gasteiger partial charge in [-0.2, -0.15) is 0 Å². The van der Waals surface area contributed by atoms with Crippen LogP contribution in [-0.4, -0.2) is 14.5 Å². The molecule has 0 atom stereocenters. The fourth-order valence-corrected chi connectivity index (χ4v) is 4.15. The molecule has 0 aliphatic heterocycles. The highest BCUT2D eigenvalue weighted by Crippen LogP contribution is 2.35. The van der Waals surface area contributed by atoms with Crippen molar-refractivity contribution in [1.29, 1.82) is 0 Å². The predicted molar refractivity (Wildman–Crippen MR) is 128 cm³/mol. The van der Waals surface area contributed by atoms with Crippen LogP contribution in [0.5, 0.6) is 11.6 Å². The summed E-state index contributed by atoms with van der Waals surface area (Å²) in [5.41, 5.74) is 4.46. The third kappa shape index (κ3) is 3.19. The average Bonchev–Trinajstić information content (AvgIpc) is 3.19. The van der Waals surface area contributed by atoms with E-state index in [0.29, 0.717) is 5.88 Å². The number of hydrogen-bond acceptors (Lipinski definition) is 3. The Bertz CT molecular complexity index is 1540. The molecule has 0 radical (unpaired) electrons. The molecule has 4 heteroatoms. The highest BCUT2D eigenvalue weighted by atomic mass is 16.5. The van der Waals surface area contributed by atoms with Crippen LogP contribution < -0.4 is 4.74 Å². The number of aromatic nitrogens is 3. The third-order valence-electron chi connectivity index (χ3n) is 5.58. The lowest BCUT2D eigenvalue weighted by atomic mass is 10.0. The standard InChI is InChI=1S/C28H19N3O/c1-2-11-25-23(10-1)24-15-14-21(19-26(24)31(25)27-12-3-5-16-29-27)20-8-7-9-22(18-20)32-28-13-4-6-17-30-28/h1-19H. The largest absolute Gasteiger partial charge is 0.439 e. The Morgan fingerprint density at radius 2 is 1.34 bits per heavy atom. The molecule has 3 aromatic heterocycles. The highest BCUT2D eigenvalue weighted by Gasteiger charge is 2.13. The third-order valence-corrected chi connectivity index (χ3v) is 5.58. The molecule has 0 aliphatic carbocycles. The van der Waals surface area contributed by atoms with Gasteiger partial charge in [0.1, 0.15) is 11.6 Å². The van der Waals surface area contributed by atoms with Crippen LogP contribution in [0.4, 0.5) is 0 Å². The van der Waals surface area contributed by atoms with Gasteiger partial charge in [0.15, 0.2) is 0 Å². The molecule has 152 valence electrons. The molecule has 32 heavy (non-hydrogen) atoms. The summed E-state index contributed by atoms with van der Waals surface area (Å²) in [6.07, 6.45) is 3.56. The highest BCUT2D eigenvalue weighted by molar-refractivity contribution is 6.10. The molecule has 6 aromatic rings. The van der Waals surface area contributed by atoms with Crippen molar-refractivity contribution in [2.75, 3.05) is 0 Å². The van der Waals surface area contributed by atoms with Gasteiger partial charge in [-0.1, -0.05) is 54.6 Å². The molecular weight excluding hydrogens is 394 g/mol. The van der Waals surface area contributed by atoms with Crippen LogP contribution in [0.2, 0.25) is 0 Å². The number of nitrogens with zero attached hydrogens (tertiary/aromatic N) is 3. The molecule has 3 heterocycles. The monoisotopic (exact) mass is 413 g/mol. The summed E-state index contributed by atoms with van der Waals surface area (Å²) in [6.45, 7) is 0. The Morgan fingerprint density at radius 3 is 2.19 bits per heavy atom. The van der Waals surface area contributed by atoms with Gasteiger partial charge in [0.05, 0.1) is 11.0 Å². The van der Waals surface area contributed by atoms with Crippen LogP contribution in [0.25, 0.3) is 38.8 Å². The quantitative estimate of drug-likeness (QED) is 0.311. The van der Waals surface area contributed by atoms with Crippen molar-refractivity contribution < 1.29 is 4.74 Å². The van der Waals surface area contributed by atoms with Gasteiger partial charge in [-0.25, -0.2) is 9.97 Å². The van der Waals surface area contributed by atoms with E-state index in [1.165, 1.54) is 10.8 Å². The number of para-hydroxylation sites is 1. The number of rotatable bonds is 4. The lowest BCUT2D eigenvalue weighted by Gasteiger charge is -2.09. The fourth-order valence-electron chi connectivity index (χ4n) is 4.15. The van der Waals surface area contributed by atoms with Crippen molar-refractivity contribution in [3.05, 3.63) is 116 Å². The first-order valence-electron chi connectivity index (χ1n) is 10.5. The van der Waals surface area contributed by atoms with Crippen molar-refractivity contribution >= 4 is 21.8 Å². The minimum absolute atomic E-state index is 0.579. The van der Waals surface area contributed by atoms with Crippen LogP contribution in [-0.2, 0) is 0 Å². The topological polar surface area (TPSA) is 39.9 Å². The van der Waals surface area contributed by atoms with Crippen LogP contribution in [0, 0.1) is 0 Å². The van der Waals surface area contributed by atoms with E-state index in [-0.39, 0.29) is 0 Å². The number of hydrogen-bond donors (Lipinski definition) is 0. The Labute approximate surface area is 185 Å². The van der Waals surface area contributed by atoms with E-state index in [9.17, 15) is 0 Å². The minimum Gasteiger partial charge on any atom is -0.439 e. The van der Waals surface area contributed by atoms with E-state index in [1.807, 2.05) is 60.8 Å². The maximum absolute atomic E-state index is 5.94. The summed E-state index contributed by atoms with van der Waals surface area (Å²) in [4.78, 5) is 8.88. The van der Waals surface area contributed by atoms with Crippen molar-refractivity contribution in [1.82, 2.24) is 14.5 Å². The molecule has 0 fully saturated rings. The summed E-state index contributed by atoms with van der Waals surface area (Å²) in [5.74, 6) is 2.24. The maximum Gasteiger partial charge on any atom is 0.219 e. The number of pyridine rings is 2. The molecule has 0 saturated heterocycles. The van der Waals surface area contributed by atoms with Gasteiger partial charge < -0.3 is 4.74 Å². The fraction of sp³-hybridized carbons (Fsp3) is 0. The number of fused-ring (bicyclic) bond motifs is 3. The zero-order chi connectivity index (χ0) is 21.3. The van der Waals surface area contributed by atoms with Gasteiger partial charge in [-0.15, -0.1) is 0 Å². The molecule has 0 bridgehead atoms. The molecule has 0 aliphatic rings. The molecule has 3 aromatic carbocycles. The Balaban J connectivity index is 1.50. The second kappa shape index (κ2) is 7.67. The lowest BCUT2D eigenvalue weighted by molar-refractivity contribution is 0.463. The van der Waals surface area contributed by atoms with Crippen LogP contribution in [0.1, 0.15) is 0 Å². The normalized spacial score (nSPS) is 11.1. The maximum atomic E-state index is 5.94. The lowest BCUT2D eigenvalue weighted by Crippen LogP contribution is -1.96. The molecular formula is C28H19N3O. The summed E-state index contributed by atoms with van der Waals surface area (Å²) < 4.78 is 8.17. The first-order chi connectivity index (χ1) is 15.9.